The zero-order valence-corrected chi connectivity index (χ0v) is 11.8. The van der Waals surface area contributed by atoms with Crippen LogP contribution in [-0.2, 0) is 4.79 Å². The third-order valence-electron chi connectivity index (χ3n) is 2.36. The average molecular weight is 322 g/mol. The van der Waals surface area contributed by atoms with E-state index in [1.54, 1.807) is 25.4 Å². The molecule has 0 aliphatic carbocycles. The summed E-state index contributed by atoms with van der Waals surface area (Å²) in [7, 11) is 1.59. The standard InChI is InChI=1S/C13H12BrN3O2/c1-19-11-4-3-10(14)8-9(11)2-5-13(18)16-12-6-7-15-17-12/h2-8H,1H3,(H2,15,16,17,18). The Kier molecular flexibility index (Phi) is 4.35. The van der Waals surface area contributed by atoms with Crippen molar-refractivity contribution in [2.45, 2.75) is 0 Å². The van der Waals surface area contributed by atoms with Crippen LogP contribution in [0.1, 0.15) is 5.56 Å². The highest BCUT2D eigenvalue weighted by Gasteiger charge is 2.02. The number of aromatic amines is 1. The molecule has 0 aliphatic rings. The number of carbonyl (C=O) groups is 1. The normalized spacial score (nSPS) is 10.6. The first kappa shape index (κ1) is 13.4. The minimum Gasteiger partial charge on any atom is -0.496 e. The Bertz CT molecular complexity index is 594. The van der Waals surface area contributed by atoms with E-state index in [0.717, 1.165) is 10.0 Å². The molecule has 0 unspecified atom stereocenters. The minimum atomic E-state index is -0.244. The van der Waals surface area contributed by atoms with Gasteiger partial charge in [-0.3, -0.25) is 9.89 Å². The number of anilines is 1. The number of nitrogens with zero attached hydrogens (tertiary/aromatic N) is 1. The van der Waals surface area contributed by atoms with Gasteiger partial charge in [-0.1, -0.05) is 15.9 Å². The van der Waals surface area contributed by atoms with Gasteiger partial charge in [-0.15, -0.1) is 0 Å². The number of rotatable bonds is 4. The summed E-state index contributed by atoms with van der Waals surface area (Å²) in [5, 5.41) is 9.04. The first-order chi connectivity index (χ1) is 9.19. The van der Waals surface area contributed by atoms with Crippen LogP contribution in [0.4, 0.5) is 5.82 Å². The van der Waals surface area contributed by atoms with E-state index in [-0.39, 0.29) is 5.91 Å². The van der Waals surface area contributed by atoms with E-state index < -0.39 is 0 Å². The van der Waals surface area contributed by atoms with Crippen LogP contribution < -0.4 is 10.1 Å². The van der Waals surface area contributed by atoms with Crippen LogP contribution in [0.15, 0.2) is 41.0 Å². The monoisotopic (exact) mass is 321 g/mol. The van der Waals surface area contributed by atoms with Crippen molar-refractivity contribution in [2.75, 3.05) is 12.4 Å². The second-order valence-corrected chi connectivity index (χ2v) is 4.59. The summed E-state index contributed by atoms with van der Waals surface area (Å²) < 4.78 is 6.14. The molecular formula is C13H12BrN3O2. The molecule has 1 aromatic heterocycles. The van der Waals surface area contributed by atoms with Crippen LogP contribution in [0.2, 0.25) is 0 Å². The zero-order chi connectivity index (χ0) is 13.7. The highest BCUT2D eigenvalue weighted by molar-refractivity contribution is 9.10. The molecule has 1 heterocycles. The van der Waals surface area contributed by atoms with Crippen LogP contribution in [-0.4, -0.2) is 23.2 Å². The molecule has 0 bridgehead atoms. The fraction of sp³-hybridized carbons (Fsp3) is 0.0769. The van der Waals surface area contributed by atoms with Gasteiger partial charge < -0.3 is 10.1 Å². The SMILES string of the molecule is COc1ccc(Br)cc1C=CC(=O)Nc1ccn[nH]1. The number of nitrogens with one attached hydrogen (secondary N) is 2. The maximum Gasteiger partial charge on any atom is 0.249 e. The van der Waals surface area contributed by atoms with Crippen molar-refractivity contribution < 1.29 is 9.53 Å². The highest BCUT2D eigenvalue weighted by atomic mass is 79.9. The molecule has 19 heavy (non-hydrogen) atoms. The lowest BCUT2D eigenvalue weighted by Crippen LogP contribution is -2.07. The fourth-order valence-corrected chi connectivity index (χ4v) is 1.88. The molecule has 6 heteroatoms. The number of halogens is 1. The summed E-state index contributed by atoms with van der Waals surface area (Å²) in [5.74, 6) is 1.01. The van der Waals surface area contributed by atoms with Crippen molar-refractivity contribution in [1.29, 1.82) is 0 Å². The summed E-state index contributed by atoms with van der Waals surface area (Å²) >= 11 is 3.38. The summed E-state index contributed by atoms with van der Waals surface area (Å²) in [5.41, 5.74) is 0.816. The fourth-order valence-electron chi connectivity index (χ4n) is 1.50. The molecule has 0 spiro atoms. The number of ether oxygens (including phenoxy) is 1. The number of carbonyl (C=O) groups excluding carboxylic acids is 1. The summed E-state index contributed by atoms with van der Waals surface area (Å²) in [6.07, 6.45) is 4.69. The summed E-state index contributed by atoms with van der Waals surface area (Å²) in [6.45, 7) is 0. The Morgan fingerprint density at radius 1 is 1.47 bits per heavy atom. The molecule has 0 fully saturated rings. The van der Waals surface area contributed by atoms with Gasteiger partial charge in [0.2, 0.25) is 5.91 Å². The van der Waals surface area contributed by atoms with Crippen LogP contribution in [0.25, 0.3) is 6.08 Å². The second-order valence-electron chi connectivity index (χ2n) is 3.68. The number of benzene rings is 1. The number of methoxy groups -OCH3 is 1. The lowest BCUT2D eigenvalue weighted by atomic mass is 10.2. The molecule has 2 N–H and O–H groups in total. The lowest BCUT2D eigenvalue weighted by Gasteiger charge is -2.04. The van der Waals surface area contributed by atoms with Gasteiger partial charge in [0, 0.05) is 22.2 Å². The van der Waals surface area contributed by atoms with Crippen molar-refractivity contribution >= 4 is 33.7 Å². The smallest absolute Gasteiger partial charge is 0.249 e. The highest BCUT2D eigenvalue weighted by Crippen LogP contribution is 2.24. The van der Waals surface area contributed by atoms with E-state index in [0.29, 0.717) is 11.6 Å². The third kappa shape index (κ3) is 3.69. The van der Waals surface area contributed by atoms with Crippen LogP contribution in [0.3, 0.4) is 0 Å². The predicted molar refractivity (Wildman–Crippen MR) is 76.9 cm³/mol. The number of aromatic nitrogens is 2. The molecule has 2 aromatic rings. The molecule has 1 amide bonds. The number of hydrogen-bond acceptors (Lipinski definition) is 3. The Hall–Kier alpha value is -2.08. The Labute approximate surface area is 118 Å². The first-order valence-corrected chi connectivity index (χ1v) is 6.30. The Balaban J connectivity index is 2.09. The number of hydrogen-bond donors (Lipinski definition) is 2. The molecule has 0 radical (unpaired) electrons. The van der Waals surface area contributed by atoms with Crippen LogP contribution >= 0.6 is 15.9 Å². The van der Waals surface area contributed by atoms with Gasteiger partial charge in [0.1, 0.15) is 11.6 Å². The second kappa shape index (κ2) is 6.19. The van der Waals surface area contributed by atoms with Crippen LogP contribution in [0, 0.1) is 0 Å². The molecule has 0 saturated carbocycles. The van der Waals surface area contributed by atoms with Crippen molar-refractivity contribution in [1.82, 2.24) is 10.2 Å². The average Bonchev–Trinajstić information content (AvgIpc) is 2.89. The topological polar surface area (TPSA) is 67.0 Å². The van der Waals surface area contributed by atoms with Gasteiger partial charge in [-0.25, -0.2) is 0 Å². The molecule has 2 rings (SSSR count). The van der Waals surface area contributed by atoms with Crippen molar-refractivity contribution in [2.24, 2.45) is 0 Å². The first-order valence-electron chi connectivity index (χ1n) is 5.51. The zero-order valence-electron chi connectivity index (χ0n) is 10.2. The van der Waals surface area contributed by atoms with Gasteiger partial charge >= 0.3 is 0 Å². The minimum absolute atomic E-state index is 0.244. The number of amides is 1. The van der Waals surface area contributed by atoms with E-state index in [2.05, 4.69) is 31.4 Å². The lowest BCUT2D eigenvalue weighted by molar-refractivity contribution is -0.111. The van der Waals surface area contributed by atoms with Crippen molar-refractivity contribution in [3.63, 3.8) is 0 Å². The van der Waals surface area contributed by atoms with E-state index in [9.17, 15) is 4.79 Å². The maximum absolute atomic E-state index is 11.7. The molecule has 0 aliphatic heterocycles. The molecule has 5 nitrogen and oxygen atoms in total. The van der Waals surface area contributed by atoms with Gasteiger partial charge in [-0.2, -0.15) is 5.10 Å². The van der Waals surface area contributed by atoms with Gasteiger partial charge in [0.25, 0.3) is 0 Å². The number of H-pyrrole nitrogens is 1. The Morgan fingerprint density at radius 2 is 2.32 bits per heavy atom. The van der Waals surface area contributed by atoms with Gasteiger partial charge in [-0.05, 0) is 24.3 Å². The van der Waals surface area contributed by atoms with E-state index >= 15 is 0 Å². The molecule has 98 valence electrons. The van der Waals surface area contributed by atoms with Crippen molar-refractivity contribution in [3.05, 3.63) is 46.6 Å². The van der Waals surface area contributed by atoms with Crippen molar-refractivity contribution in [3.8, 4) is 5.75 Å². The molecule has 1 aromatic carbocycles. The van der Waals surface area contributed by atoms with E-state index in [1.807, 2.05) is 18.2 Å². The maximum atomic E-state index is 11.7. The van der Waals surface area contributed by atoms with Gasteiger partial charge in [0.15, 0.2) is 0 Å². The Morgan fingerprint density at radius 3 is 3.00 bits per heavy atom. The molecule has 0 saturated heterocycles. The predicted octanol–water partition coefficient (Wildman–Crippen LogP) is 2.83. The van der Waals surface area contributed by atoms with Gasteiger partial charge in [0.05, 0.1) is 13.3 Å². The van der Waals surface area contributed by atoms with E-state index in [4.69, 9.17) is 4.74 Å². The largest absolute Gasteiger partial charge is 0.496 e. The molecule has 0 atom stereocenters. The quantitative estimate of drug-likeness (QED) is 0.851. The molecular weight excluding hydrogens is 310 g/mol. The van der Waals surface area contributed by atoms with E-state index in [1.165, 1.54) is 6.08 Å². The van der Waals surface area contributed by atoms with Crippen LogP contribution in [0.5, 0.6) is 5.75 Å². The summed E-state index contributed by atoms with van der Waals surface area (Å²) in [4.78, 5) is 11.7. The third-order valence-corrected chi connectivity index (χ3v) is 2.86. The summed E-state index contributed by atoms with van der Waals surface area (Å²) in [6, 6.07) is 7.25.